The number of nitrogens with zero attached hydrogens (tertiary/aromatic N) is 1. The van der Waals surface area contributed by atoms with Gasteiger partial charge in [-0.15, -0.1) is 0 Å². The quantitative estimate of drug-likeness (QED) is 0.0214. The molecule has 1 N–H and O–H groups in total. The Bertz CT molecular complexity index is 1650. The van der Waals surface area contributed by atoms with Gasteiger partial charge in [-0.25, -0.2) is 4.57 Å². The van der Waals surface area contributed by atoms with Crippen LogP contribution in [0, 0.1) is 0 Å². The number of quaternary nitrogens is 1. The molecule has 0 radical (unpaired) electrons. The van der Waals surface area contributed by atoms with E-state index in [9.17, 15) is 14.3 Å². The molecular weight excluding hydrogens is 878 g/mol. The molecular formula is C60H97NO7P+. The lowest BCUT2D eigenvalue weighted by Crippen LogP contribution is -2.37. The zero-order valence-corrected chi connectivity index (χ0v) is 44.9. The van der Waals surface area contributed by atoms with E-state index in [0.717, 1.165) is 135 Å². The maximum Gasteiger partial charge on any atom is 0.472 e. The molecule has 0 aromatic rings. The maximum atomic E-state index is 12.8. The lowest BCUT2D eigenvalue weighted by Gasteiger charge is -2.24. The second kappa shape index (κ2) is 50.5. The molecule has 388 valence electrons. The van der Waals surface area contributed by atoms with Crippen LogP contribution in [0.4, 0.5) is 0 Å². The standard InChI is InChI=1S/C60H96NO7P/c1-6-8-10-12-14-16-18-20-22-24-26-28-30-32-34-36-38-40-42-44-46-48-50-52-55-65-57-59(58-67-69(63,64)66-56-54-61(3,4)5)68-60(62)53-51-49-47-45-43-41-39-37-35-33-31-29-27-25-23-21-19-17-15-13-11-9-7-2/h8-11,14-17,20-23,26-29,32-35,38-41,44,46,59H,6-7,12-13,18-19,24-25,30-31,36-37,42-43,45,47-58H2,1-5H3/p+1/b10-8-,11-9-,16-14-,17-15-,22-20-,23-21-,28-26-,29-27-,34-32-,35-33-,40-38-,41-39-,46-44-. The molecule has 0 saturated carbocycles. The van der Waals surface area contributed by atoms with Gasteiger partial charge < -0.3 is 18.9 Å². The molecule has 0 amide bonds. The first kappa shape index (κ1) is 65.1. The van der Waals surface area contributed by atoms with Crippen molar-refractivity contribution in [1.82, 2.24) is 0 Å². The van der Waals surface area contributed by atoms with E-state index in [1.54, 1.807) is 0 Å². The minimum absolute atomic E-state index is 0.0637. The zero-order valence-electron chi connectivity index (χ0n) is 44.0. The summed E-state index contributed by atoms with van der Waals surface area (Å²) in [7, 11) is 1.59. The summed E-state index contributed by atoms with van der Waals surface area (Å²) in [6.07, 6.45) is 77.3. The van der Waals surface area contributed by atoms with E-state index in [0.29, 0.717) is 17.6 Å². The van der Waals surface area contributed by atoms with Crippen LogP contribution in [0.5, 0.6) is 0 Å². The van der Waals surface area contributed by atoms with Crippen molar-refractivity contribution in [3.8, 4) is 0 Å². The molecule has 8 nitrogen and oxygen atoms in total. The highest BCUT2D eigenvalue weighted by Crippen LogP contribution is 2.43. The molecule has 0 aromatic carbocycles. The van der Waals surface area contributed by atoms with Gasteiger partial charge in [0, 0.05) is 13.0 Å². The topological polar surface area (TPSA) is 91.3 Å². The first-order valence-corrected chi connectivity index (χ1v) is 27.7. The minimum atomic E-state index is -4.32. The number of esters is 1. The van der Waals surface area contributed by atoms with Gasteiger partial charge in [-0.05, 0) is 122 Å². The summed E-state index contributed by atoms with van der Waals surface area (Å²) in [6.45, 7) is 5.19. The van der Waals surface area contributed by atoms with Crippen molar-refractivity contribution in [2.75, 3.05) is 54.1 Å². The van der Waals surface area contributed by atoms with Crippen LogP contribution in [0.15, 0.2) is 158 Å². The summed E-state index contributed by atoms with van der Waals surface area (Å²) in [5, 5.41) is 0. The molecule has 0 aromatic heterocycles. The summed E-state index contributed by atoms with van der Waals surface area (Å²) in [5.74, 6) is -0.361. The highest BCUT2D eigenvalue weighted by molar-refractivity contribution is 7.47. The Hall–Kier alpha value is -3.88. The van der Waals surface area contributed by atoms with Gasteiger partial charge in [-0.1, -0.05) is 185 Å². The third-order valence-corrected chi connectivity index (χ3v) is 11.1. The number of phosphoric acid groups is 1. The first-order chi connectivity index (χ1) is 33.6. The van der Waals surface area contributed by atoms with E-state index < -0.39 is 13.9 Å². The number of carbonyl (C=O) groups is 1. The van der Waals surface area contributed by atoms with Gasteiger partial charge in [0.1, 0.15) is 19.3 Å². The molecule has 0 saturated heterocycles. The van der Waals surface area contributed by atoms with E-state index in [1.807, 2.05) is 21.1 Å². The summed E-state index contributed by atoms with van der Waals surface area (Å²) in [6, 6.07) is 0. The molecule has 0 fully saturated rings. The highest BCUT2D eigenvalue weighted by atomic mass is 31.2. The van der Waals surface area contributed by atoms with Gasteiger partial charge in [-0.3, -0.25) is 13.8 Å². The van der Waals surface area contributed by atoms with Crippen molar-refractivity contribution < 1.29 is 37.3 Å². The van der Waals surface area contributed by atoms with Gasteiger partial charge in [0.25, 0.3) is 0 Å². The summed E-state index contributed by atoms with van der Waals surface area (Å²) < 4.78 is 35.1. The van der Waals surface area contributed by atoms with Crippen molar-refractivity contribution in [3.05, 3.63) is 158 Å². The van der Waals surface area contributed by atoms with Crippen LogP contribution >= 0.6 is 7.82 Å². The van der Waals surface area contributed by atoms with Crippen LogP contribution in [0.25, 0.3) is 0 Å². The van der Waals surface area contributed by atoms with Crippen LogP contribution < -0.4 is 0 Å². The Morgan fingerprint density at radius 3 is 1.17 bits per heavy atom. The fourth-order valence-corrected chi connectivity index (χ4v) is 6.86. The fourth-order valence-electron chi connectivity index (χ4n) is 6.12. The number of phosphoric ester groups is 1. The van der Waals surface area contributed by atoms with Gasteiger partial charge in [-0.2, -0.15) is 0 Å². The third-order valence-electron chi connectivity index (χ3n) is 10.1. The number of hydrogen-bond donors (Lipinski definition) is 1. The smallest absolute Gasteiger partial charge is 0.457 e. The molecule has 2 atom stereocenters. The number of rotatable bonds is 46. The molecule has 0 rings (SSSR count). The molecule has 0 spiro atoms. The van der Waals surface area contributed by atoms with Crippen LogP contribution in [-0.4, -0.2) is 75.6 Å². The lowest BCUT2D eigenvalue weighted by atomic mass is 10.1. The van der Waals surface area contributed by atoms with Crippen molar-refractivity contribution in [1.29, 1.82) is 0 Å². The molecule has 0 bridgehead atoms. The summed E-state index contributed by atoms with van der Waals surface area (Å²) >= 11 is 0. The van der Waals surface area contributed by atoms with Crippen LogP contribution in [0.1, 0.15) is 155 Å². The predicted octanol–water partition coefficient (Wildman–Crippen LogP) is 16.6. The van der Waals surface area contributed by atoms with E-state index in [1.165, 1.54) is 0 Å². The Morgan fingerprint density at radius 1 is 0.449 bits per heavy atom. The second-order valence-electron chi connectivity index (χ2n) is 17.8. The third kappa shape index (κ3) is 54.9. The minimum Gasteiger partial charge on any atom is -0.457 e. The van der Waals surface area contributed by atoms with Crippen molar-refractivity contribution in [2.45, 2.75) is 161 Å². The largest absolute Gasteiger partial charge is 0.472 e. The summed E-state index contributed by atoms with van der Waals surface area (Å²) in [4.78, 5) is 23.0. The maximum absolute atomic E-state index is 12.8. The molecule has 0 aliphatic heterocycles. The van der Waals surface area contributed by atoms with E-state index >= 15 is 0 Å². The number of allylic oxidation sites excluding steroid dienone is 26. The van der Waals surface area contributed by atoms with Gasteiger partial charge in [0.05, 0.1) is 34.4 Å². The Balaban J connectivity index is 4.35. The number of unbranched alkanes of at least 4 members (excludes halogenated alkanes) is 6. The highest BCUT2D eigenvalue weighted by Gasteiger charge is 2.26. The van der Waals surface area contributed by atoms with E-state index in [2.05, 4.69) is 172 Å². The average molecular weight is 975 g/mol. The molecule has 0 heterocycles. The SMILES string of the molecule is CC/C=C\C/C=C\C/C=C\C/C=C\C/C=C\C/C=C\C/C=C\CCCCOCC(COP(=O)(O)OCC[N+](C)(C)C)OC(=O)CCCCCC/C=C\C/C=C\C/C=C\C/C=C\C/C=C\C/C=C\CC. The Labute approximate surface area is 422 Å². The zero-order chi connectivity index (χ0) is 50.5. The number of carbonyl (C=O) groups excluding carboxylic acids is 1. The second-order valence-corrected chi connectivity index (χ2v) is 19.2. The average Bonchev–Trinajstić information content (AvgIpc) is 3.31. The van der Waals surface area contributed by atoms with Gasteiger partial charge >= 0.3 is 13.8 Å². The van der Waals surface area contributed by atoms with Crippen molar-refractivity contribution in [2.24, 2.45) is 0 Å². The molecule has 0 aliphatic carbocycles. The fraction of sp³-hybridized carbons (Fsp3) is 0.550. The Kier molecular flexibility index (Phi) is 47.7. The van der Waals surface area contributed by atoms with Gasteiger partial charge in [0.2, 0.25) is 0 Å². The molecule has 9 heteroatoms. The lowest BCUT2D eigenvalue weighted by molar-refractivity contribution is -0.870. The van der Waals surface area contributed by atoms with Gasteiger partial charge in [0.15, 0.2) is 0 Å². The van der Waals surface area contributed by atoms with Crippen molar-refractivity contribution in [3.63, 3.8) is 0 Å². The number of ether oxygens (including phenoxy) is 2. The van der Waals surface area contributed by atoms with Crippen molar-refractivity contribution >= 4 is 13.8 Å². The van der Waals surface area contributed by atoms with E-state index in [4.69, 9.17) is 18.5 Å². The van der Waals surface area contributed by atoms with Crippen LogP contribution in [0.2, 0.25) is 0 Å². The molecule has 2 unspecified atom stereocenters. The first-order valence-electron chi connectivity index (χ1n) is 26.2. The molecule has 0 aliphatic rings. The predicted molar refractivity (Wildman–Crippen MR) is 297 cm³/mol. The summed E-state index contributed by atoms with van der Waals surface area (Å²) in [5.41, 5.74) is 0. The monoisotopic (exact) mass is 975 g/mol. The molecule has 69 heavy (non-hydrogen) atoms. The number of likely N-dealkylation sites (N-methyl/N-ethyl adjacent to an activating group) is 1. The van der Waals surface area contributed by atoms with Crippen LogP contribution in [0.3, 0.4) is 0 Å². The normalized spacial score (nSPS) is 14.8. The Morgan fingerprint density at radius 2 is 0.797 bits per heavy atom. The number of hydrogen-bond acceptors (Lipinski definition) is 6. The van der Waals surface area contributed by atoms with Crippen LogP contribution in [-0.2, 0) is 27.9 Å². The van der Waals surface area contributed by atoms with E-state index in [-0.39, 0.29) is 32.2 Å².